The van der Waals surface area contributed by atoms with E-state index >= 15 is 0 Å². The van der Waals surface area contributed by atoms with Crippen LogP contribution in [0.5, 0.6) is 5.75 Å². The summed E-state index contributed by atoms with van der Waals surface area (Å²) in [6, 6.07) is 11.3. The van der Waals surface area contributed by atoms with Crippen molar-refractivity contribution in [1.29, 1.82) is 0 Å². The Kier molecular flexibility index (Phi) is 7.55. The molecule has 1 heterocycles. The Morgan fingerprint density at radius 1 is 0.865 bits per heavy atom. The fourth-order valence-electron chi connectivity index (χ4n) is 3.31. The van der Waals surface area contributed by atoms with Gasteiger partial charge in [-0.25, -0.2) is 9.69 Å². The van der Waals surface area contributed by atoms with Crippen LogP contribution in [-0.4, -0.2) is 26.3 Å². The van der Waals surface area contributed by atoms with E-state index in [0.717, 1.165) is 11.6 Å². The number of halogens is 4. The molecule has 3 aromatic rings. The summed E-state index contributed by atoms with van der Waals surface area (Å²) in [7, 11) is -4.36. The van der Waals surface area contributed by atoms with Gasteiger partial charge in [0.1, 0.15) is 10.5 Å². The minimum Gasteiger partial charge on any atom is -0.377 e. The van der Waals surface area contributed by atoms with Gasteiger partial charge >= 0.3 is 16.1 Å². The number of urea groups is 1. The van der Waals surface area contributed by atoms with Gasteiger partial charge in [-0.3, -0.25) is 14.9 Å². The van der Waals surface area contributed by atoms with Crippen molar-refractivity contribution in [3.05, 3.63) is 91.4 Å². The van der Waals surface area contributed by atoms with Gasteiger partial charge in [-0.05, 0) is 55.5 Å². The van der Waals surface area contributed by atoms with Crippen LogP contribution >= 0.6 is 46.4 Å². The minimum absolute atomic E-state index is 0.0397. The Labute approximate surface area is 231 Å². The third kappa shape index (κ3) is 5.61. The second kappa shape index (κ2) is 10.4. The first-order chi connectivity index (χ1) is 17.4. The van der Waals surface area contributed by atoms with Gasteiger partial charge in [0, 0.05) is 10.6 Å². The number of carbonyl (C=O) groups is 3. The van der Waals surface area contributed by atoms with E-state index in [1.165, 1.54) is 42.5 Å². The third-order valence-electron chi connectivity index (χ3n) is 5.10. The zero-order valence-electron chi connectivity index (χ0n) is 18.6. The zero-order valence-corrected chi connectivity index (χ0v) is 22.4. The lowest BCUT2D eigenvalue weighted by Crippen LogP contribution is -2.54. The number of carbonyl (C=O) groups excluding carboxylic acids is 3. The van der Waals surface area contributed by atoms with E-state index in [4.69, 9.17) is 50.6 Å². The molecule has 4 amide bonds. The lowest BCUT2D eigenvalue weighted by Gasteiger charge is -2.26. The highest BCUT2D eigenvalue weighted by atomic mass is 35.5. The molecule has 0 atom stereocenters. The van der Waals surface area contributed by atoms with Crippen LogP contribution in [0.25, 0.3) is 6.08 Å². The highest BCUT2D eigenvalue weighted by Gasteiger charge is 2.37. The second-order valence-electron chi connectivity index (χ2n) is 7.71. The molecule has 1 N–H and O–H groups in total. The fraction of sp³-hybridized carbons (Fsp3) is 0.0417. The molecule has 0 aromatic heterocycles. The van der Waals surface area contributed by atoms with E-state index < -0.39 is 33.5 Å². The largest absolute Gasteiger partial charge is 0.377 e. The summed E-state index contributed by atoms with van der Waals surface area (Å²) in [5.74, 6) is -2.43. The summed E-state index contributed by atoms with van der Waals surface area (Å²) >= 11 is 24.3. The zero-order chi connectivity index (χ0) is 27.1. The molecule has 0 radical (unpaired) electrons. The topological polar surface area (TPSA) is 110 Å². The van der Waals surface area contributed by atoms with Gasteiger partial charge in [0.25, 0.3) is 11.8 Å². The summed E-state index contributed by atoms with van der Waals surface area (Å²) in [5.41, 5.74) is 0.242. The predicted octanol–water partition coefficient (Wildman–Crippen LogP) is 6.04. The number of benzene rings is 3. The van der Waals surface area contributed by atoms with Crippen molar-refractivity contribution in [2.75, 3.05) is 4.90 Å². The van der Waals surface area contributed by atoms with Crippen LogP contribution in [-0.2, 0) is 19.7 Å². The molecule has 13 heteroatoms. The number of imide groups is 2. The maximum absolute atomic E-state index is 13.2. The second-order valence-corrected chi connectivity index (χ2v) is 10.9. The van der Waals surface area contributed by atoms with Gasteiger partial charge in [0.15, 0.2) is 5.75 Å². The average molecular weight is 600 g/mol. The number of hydrogen-bond acceptors (Lipinski definition) is 6. The molecule has 0 aliphatic carbocycles. The molecule has 4 rings (SSSR count). The Balaban J connectivity index is 1.79. The summed E-state index contributed by atoms with van der Waals surface area (Å²) in [4.78, 5) is 38.9. The number of barbiturate groups is 1. The monoisotopic (exact) mass is 598 g/mol. The molecule has 0 bridgehead atoms. The molecule has 1 aliphatic rings. The van der Waals surface area contributed by atoms with Gasteiger partial charge in [-0.15, -0.1) is 0 Å². The van der Waals surface area contributed by atoms with Crippen LogP contribution < -0.4 is 14.4 Å². The average Bonchev–Trinajstić information content (AvgIpc) is 2.81. The first kappa shape index (κ1) is 27.0. The van der Waals surface area contributed by atoms with Gasteiger partial charge in [-0.1, -0.05) is 64.1 Å². The van der Waals surface area contributed by atoms with Gasteiger partial charge < -0.3 is 4.18 Å². The van der Waals surface area contributed by atoms with Gasteiger partial charge in [0.05, 0.1) is 20.8 Å². The van der Waals surface area contributed by atoms with E-state index in [1.54, 1.807) is 19.1 Å². The summed E-state index contributed by atoms with van der Waals surface area (Å²) in [6.45, 7) is 1.79. The molecule has 8 nitrogen and oxygen atoms in total. The van der Waals surface area contributed by atoms with Crippen molar-refractivity contribution >= 4 is 86.1 Å². The van der Waals surface area contributed by atoms with Crippen LogP contribution in [0.4, 0.5) is 10.5 Å². The molecular weight excluding hydrogens is 586 g/mol. The fourth-order valence-corrected chi connectivity index (χ4v) is 5.17. The normalized spacial score (nSPS) is 15.2. The molecule has 0 saturated carbocycles. The van der Waals surface area contributed by atoms with E-state index in [-0.39, 0.29) is 42.0 Å². The first-order valence-corrected chi connectivity index (χ1v) is 13.2. The van der Waals surface area contributed by atoms with Crippen molar-refractivity contribution in [3.8, 4) is 5.75 Å². The molecule has 1 aliphatic heterocycles. The van der Waals surface area contributed by atoms with Crippen molar-refractivity contribution in [2.45, 2.75) is 11.8 Å². The first-order valence-electron chi connectivity index (χ1n) is 10.2. The molecule has 1 fully saturated rings. The van der Waals surface area contributed by atoms with Gasteiger partial charge in [0.2, 0.25) is 0 Å². The molecule has 0 unspecified atom stereocenters. The number of aryl methyl sites for hydroxylation is 1. The number of nitrogens with zero attached hydrogens (tertiary/aromatic N) is 1. The van der Waals surface area contributed by atoms with Crippen molar-refractivity contribution in [2.24, 2.45) is 0 Å². The lowest BCUT2D eigenvalue weighted by molar-refractivity contribution is -0.122. The Morgan fingerprint density at radius 2 is 1.54 bits per heavy atom. The number of anilines is 1. The Hall–Kier alpha value is -3.08. The highest BCUT2D eigenvalue weighted by Crippen LogP contribution is 2.37. The third-order valence-corrected chi connectivity index (χ3v) is 7.58. The van der Waals surface area contributed by atoms with Crippen molar-refractivity contribution in [3.63, 3.8) is 0 Å². The maximum atomic E-state index is 13.2. The van der Waals surface area contributed by atoms with Crippen LogP contribution in [0.1, 0.15) is 11.1 Å². The van der Waals surface area contributed by atoms with Crippen LogP contribution in [0.2, 0.25) is 20.1 Å². The standard InChI is InChI=1S/C24H14Cl4N2O6S/c1-12-2-5-16(6-3-12)37(34,35)36-21-13(8-14(25)10-20(21)28)9-17-22(31)29-24(33)30(23(17)32)15-4-7-18(26)19(27)11-15/h2-11H,1H3,(H,29,31,33)/b17-9+. The van der Waals surface area contributed by atoms with E-state index in [0.29, 0.717) is 4.90 Å². The quantitative estimate of drug-likeness (QED) is 0.217. The number of amides is 4. The van der Waals surface area contributed by atoms with Crippen LogP contribution in [0.15, 0.2) is 65.1 Å². The Morgan fingerprint density at radius 3 is 2.19 bits per heavy atom. The molecular formula is C24H14Cl4N2O6S. The molecule has 37 heavy (non-hydrogen) atoms. The molecule has 190 valence electrons. The molecule has 0 spiro atoms. The van der Waals surface area contributed by atoms with Crippen molar-refractivity contribution < 1.29 is 27.0 Å². The van der Waals surface area contributed by atoms with Gasteiger partial charge in [-0.2, -0.15) is 8.42 Å². The highest BCUT2D eigenvalue weighted by molar-refractivity contribution is 7.87. The lowest BCUT2D eigenvalue weighted by atomic mass is 10.1. The molecule has 1 saturated heterocycles. The van der Waals surface area contributed by atoms with Crippen molar-refractivity contribution in [1.82, 2.24) is 5.32 Å². The number of nitrogens with one attached hydrogen (secondary N) is 1. The Bertz CT molecular complexity index is 1600. The number of hydrogen-bond donors (Lipinski definition) is 1. The van der Waals surface area contributed by atoms with E-state index in [1.807, 2.05) is 5.32 Å². The molecule has 3 aromatic carbocycles. The smallest absolute Gasteiger partial charge is 0.339 e. The minimum atomic E-state index is -4.36. The maximum Gasteiger partial charge on any atom is 0.339 e. The SMILES string of the molecule is Cc1ccc(S(=O)(=O)Oc2c(Cl)cc(Cl)cc2/C=C2\C(=O)NC(=O)N(c3ccc(Cl)c(Cl)c3)C2=O)cc1. The van der Waals surface area contributed by atoms with E-state index in [2.05, 4.69) is 0 Å². The number of rotatable bonds is 5. The van der Waals surface area contributed by atoms with Crippen LogP contribution in [0, 0.1) is 6.92 Å². The van der Waals surface area contributed by atoms with E-state index in [9.17, 15) is 22.8 Å². The summed E-state index contributed by atoms with van der Waals surface area (Å²) < 4.78 is 31.1. The summed E-state index contributed by atoms with van der Waals surface area (Å²) in [5, 5.41) is 2.18. The predicted molar refractivity (Wildman–Crippen MR) is 141 cm³/mol. The van der Waals surface area contributed by atoms with Crippen LogP contribution in [0.3, 0.4) is 0 Å². The summed E-state index contributed by atoms with van der Waals surface area (Å²) in [6.07, 6.45) is 1.02.